The number of anilines is 1. The third-order valence-electron chi connectivity index (χ3n) is 3.95. The maximum absolute atomic E-state index is 14.2. The number of hydrogen-bond acceptors (Lipinski definition) is 7. The highest BCUT2D eigenvalue weighted by Gasteiger charge is 2.20. The number of nitrogens with zero attached hydrogens (tertiary/aromatic N) is 8. The van der Waals surface area contributed by atoms with Crippen LogP contribution in [-0.4, -0.2) is 46.6 Å². The van der Waals surface area contributed by atoms with Crippen LogP contribution in [0.25, 0.3) is 28.3 Å². The van der Waals surface area contributed by atoms with Crippen LogP contribution in [0.1, 0.15) is 0 Å². The zero-order valence-corrected chi connectivity index (χ0v) is 14.4. The first-order valence-corrected chi connectivity index (χ1v) is 8.11. The largest absolute Gasteiger partial charge is 0.383 e. The van der Waals surface area contributed by atoms with E-state index in [4.69, 9.17) is 5.73 Å². The number of halogens is 4. The summed E-state index contributed by atoms with van der Waals surface area (Å²) in [5, 5.41) is 18.5. The Morgan fingerprint density at radius 3 is 2.72 bits per heavy atom. The first kappa shape index (κ1) is 18.5. The number of rotatable bonds is 5. The van der Waals surface area contributed by atoms with Crippen molar-refractivity contribution in [3.63, 3.8) is 0 Å². The molecular weight excluding hydrogens is 394 g/mol. The lowest BCUT2D eigenvalue weighted by atomic mass is 10.1. The predicted molar refractivity (Wildman–Crippen MR) is 91.7 cm³/mol. The first-order chi connectivity index (χ1) is 13.9. The summed E-state index contributed by atoms with van der Waals surface area (Å²) in [7, 11) is 0. The van der Waals surface area contributed by atoms with Crippen molar-refractivity contribution in [2.45, 2.75) is 13.0 Å². The van der Waals surface area contributed by atoms with E-state index in [2.05, 4.69) is 30.8 Å². The number of hydrogen-bond donors (Lipinski definition) is 1. The molecule has 29 heavy (non-hydrogen) atoms. The Labute approximate surface area is 159 Å². The van der Waals surface area contributed by atoms with E-state index in [1.165, 1.54) is 30.6 Å². The van der Waals surface area contributed by atoms with E-state index >= 15 is 0 Å². The van der Waals surface area contributed by atoms with Crippen molar-refractivity contribution in [3.05, 3.63) is 48.3 Å². The molecule has 0 bridgehead atoms. The van der Waals surface area contributed by atoms with Crippen molar-refractivity contribution >= 4 is 5.82 Å². The van der Waals surface area contributed by atoms with E-state index in [9.17, 15) is 17.6 Å². The van der Waals surface area contributed by atoms with Crippen LogP contribution < -0.4 is 5.73 Å². The molecule has 3 aromatic heterocycles. The Hall–Kier alpha value is -3.90. The minimum absolute atomic E-state index is 0.00122. The normalized spacial score (nSPS) is 11.3. The van der Waals surface area contributed by atoms with Gasteiger partial charge in [0.25, 0.3) is 6.43 Å². The second kappa shape index (κ2) is 7.26. The highest BCUT2D eigenvalue weighted by molar-refractivity contribution is 5.75. The van der Waals surface area contributed by atoms with E-state index in [0.29, 0.717) is 5.56 Å². The Morgan fingerprint density at radius 2 is 1.93 bits per heavy atom. The number of nitrogens with two attached hydrogens (primary N) is 1. The topological polar surface area (TPSA) is 113 Å². The Balaban J connectivity index is 1.78. The van der Waals surface area contributed by atoms with Crippen LogP contribution in [0.2, 0.25) is 0 Å². The zero-order valence-electron chi connectivity index (χ0n) is 14.4. The maximum Gasteiger partial charge on any atom is 0.257 e. The van der Waals surface area contributed by atoms with Gasteiger partial charge in [-0.25, -0.2) is 27.2 Å². The molecule has 0 saturated carbocycles. The molecule has 13 heteroatoms. The smallest absolute Gasteiger partial charge is 0.257 e. The minimum atomic E-state index is -2.59. The van der Waals surface area contributed by atoms with Crippen LogP contribution in [-0.2, 0) is 6.54 Å². The number of aromatic nitrogens is 8. The Morgan fingerprint density at radius 1 is 1.10 bits per heavy atom. The number of nitrogen functional groups attached to an aromatic ring is 1. The van der Waals surface area contributed by atoms with Crippen molar-refractivity contribution < 1.29 is 17.6 Å². The molecule has 4 aromatic rings. The summed E-state index contributed by atoms with van der Waals surface area (Å²) in [6.07, 6.45) is 0.0978. The van der Waals surface area contributed by atoms with Gasteiger partial charge in [-0.1, -0.05) is 11.3 Å². The van der Waals surface area contributed by atoms with Crippen molar-refractivity contribution in [1.29, 1.82) is 0 Å². The summed E-state index contributed by atoms with van der Waals surface area (Å²) >= 11 is 0. The zero-order chi connectivity index (χ0) is 20.5. The van der Waals surface area contributed by atoms with E-state index in [-0.39, 0.29) is 28.6 Å². The fraction of sp³-hybridized carbons (Fsp3) is 0.125. The van der Waals surface area contributed by atoms with Gasteiger partial charge in [0.1, 0.15) is 23.7 Å². The van der Waals surface area contributed by atoms with Gasteiger partial charge >= 0.3 is 0 Å². The fourth-order valence-corrected chi connectivity index (χ4v) is 2.63. The monoisotopic (exact) mass is 405 g/mol. The molecule has 0 unspecified atom stereocenters. The molecule has 0 aliphatic heterocycles. The molecule has 148 valence electrons. The molecule has 0 spiro atoms. The average molecular weight is 405 g/mol. The fourth-order valence-electron chi connectivity index (χ4n) is 2.63. The molecule has 0 fully saturated rings. The SMILES string of the molecule is Nc1ncc(-c2cn(CC(F)F)nn2)cc1-c1nnnn1-c1cccc(F)c1F. The molecule has 0 saturated heterocycles. The van der Waals surface area contributed by atoms with Crippen LogP contribution in [0.4, 0.5) is 23.4 Å². The third-order valence-corrected chi connectivity index (χ3v) is 3.95. The number of benzene rings is 1. The lowest BCUT2D eigenvalue weighted by molar-refractivity contribution is 0.121. The molecule has 3 heterocycles. The molecule has 0 aliphatic rings. The molecule has 0 radical (unpaired) electrons. The highest BCUT2D eigenvalue weighted by Crippen LogP contribution is 2.29. The number of pyridine rings is 1. The van der Waals surface area contributed by atoms with Gasteiger partial charge in [-0.3, -0.25) is 0 Å². The van der Waals surface area contributed by atoms with E-state index < -0.39 is 24.6 Å². The lowest BCUT2D eigenvalue weighted by Crippen LogP contribution is -2.06. The van der Waals surface area contributed by atoms with Crippen LogP contribution in [0.5, 0.6) is 0 Å². The van der Waals surface area contributed by atoms with Crippen molar-refractivity contribution in [1.82, 2.24) is 40.2 Å². The van der Waals surface area contributed by atoms with Crippen LogP contribution in [0, 0.1) is 11.6 Å². The lowest BCUT2D eigenvalue weighted by Gasteiger charge is -2.08. The molecule has 9 nitrogen and oxygen atoms in total. The highest BCUT2D eigenvalue weighted by atomic mass is 19.3. The number of tetrazole rings is 1. The Kier molecular flexibility index (Phi) is 4.62. The Bertz CT molecular complexity index is 1170. The van der Waals surface area contributed by atoms with E-state index in [1.807, 2.05) is 0 Å². The number of alkyl halides is 2. The first-order valence-electron chi connectivity index (χ1n) is 8.11. The summed E-state index contributed by atoms with van der Waals surface area (Å²) in [4.78, 5) is 4.03. The maximum atomic E-state index is 14.2. The summed E-state index contributed by atoms with van der Waals surface area (Å²) in [6.45, 7) is -0.612. The van der Waals surface area contributed by atoms with Gasteiger partial charge in [0.05, 0.1) is 11.8 Å². The van der Waals surface area contributed by atoms with Crippen LogP contribution >= 0.6 is 0 Å². The van der Waals surface area contributed by atoms with Crippen LogP contribution in [0.3, 0.4) is 0 Å². The summed E-state index contributed by atoms with van der Waals surface area (Å²) < 4.78 is 54.8. The van der Waals surface area contributed by atoms with Gasteiger partial charge in [-0.05, 0) is 28.6 Å². The average Bonchev–Trinajstić information content (AvgIpc) is 3.34. The molecular formula is C16H11F4N9. The third kappa shape index (κ3) is 3.49. The van der Waals surface area contributed by atoms with Crippen molar-refractivity contribution in [3.8, 4) is 28.3 Å². The van der Waals surface area contributed by atoms with Crippen molar-refractivity contribution in [2.75, 3.05) is 5.73 Å². The molecule has 1 aromatic carbocycles. The molecule has 0 aliphatic carbocycles. The van der Waals surface area contributed by atoms with Crippen molar-refractivity contribution in [2.24, 2.45) is 0 Å². The predicted octanol–water partition coefficient (Wildman–Crippen LogP) is 2.11. The van der Waals surface area contributed by atoms with Gasteiger partial charge in [0.2, 0.25) is 0 Å². The molecule has 2 N–H and O–H groups in total. The van der Waals surface area contributed by atoms with Gasteiger partial charge in [0, 0.05) is 11.8 Å². The van der Waals surface area contributed by atoms with Gasteiger partial charge < -0.3 is 5.73 Å². The quantitative estimate of drug-likeness (QED) is 0.506. The van der Waals surface area contributed by atoms with E-state index in [1.54, 1.807) is 0 Å². The summed E-state index contributed by atoms with van der Waals surface area (Å²) in [5.74, 6) is -2.19. The van der Waals surface area contributed by atoms with Gasteiger partial charge in [-0.15, -0.1) is 10.2 Å². The molecule has 0 amide bonds. The molecule has 4 rings (SSSR count). The standard InChI is InChI=1S/C16H11F4N9/c17-10-2-1-3-12(14(10)20)29-16(24-25-27-29)9-4-8(5-22-15(9)21)11-6-28(26-23-11)7-13(18)19/h1-6,13H,7H2,(H2,21,22). The summed E-state index contributed by atoms with van der Waals surface area (Å²) in [5.41, 5.74) is 6.55. The second-order valence-corrected chi connectivity index (χ2v) is 5.86. The van der Waals surface area contributed by atoms with Gasteiger partial charge in [0.15, 0.2) is 17.5 Å². The van der Waals surface area contributed by atoms with E-state index in [0.717, 1.165) is 15.4 Å². The van der Waals surface area contributed by atoms with Crippen LogP contribution in [0.15, 0.2) is 36.7 Å². The second-order valence-electron chi connectivity index (χ2n) is 5.86. The molecule has 0 atom stereocenters. The summed E-state index contributed by atoms with van der Waals surface area (Å²) in [6, 6.07) is 5.06. The van der Waals surface area contributed by atoms with Gasteiger partial charge in [-0.2, -0.15) is 4.68 Å². The minimum Gasteiger partial charge on any atom is -0.383 e.